The van der Waals surface area contributed by atoms with Crippen LogP contribution in [-0.4, -0.2) is 10.2 Å². The number of H-pyrrole nitrogens is 1. The molecule has 0 aliphatic carbocycles. The summed E-state index contributed by atoms with van der Waals surface area (Å²) in [5, 5.41) is 6.44. The lowest BCUT2D eigenvalue weighted by Crippen LogP contribution is -2.06. The van der Waals surface area contributed by atoms with Gasteiger partial charge in [0, 0.05) is 11.8 Å². The third kappa shape index (κ3) is 2.55. The molecule has 0 amide bonds. The van der Waals surface area contributed by atoms with E-state index in [-0.39, 0.29) is 5.92 Å². The van der Waals surface area contributed by atoms with Gasteiger partial charge in [0.15, 0.2) is 0 Å². The molecule has 1 aromatic carbocycles. The number of nitrogens with zero attached hydrogens (tertiary/aromatic N) is 1. The Kier molecular flexibility index (Phi) is 3.15. The van der Waals surface area contributed by atoms with Crippen molar-refractivity contribution in [3.63, 3.8) is 0 Å². The summed E-state index contributed by atoms with van der Waals surface area (Å²) in [5.74, 6) is 0.0361. The quantitative estimate of drug-likeness (QED) is 0.854. The van der Waals surface area contributed by atoms with Crippen LogP contribution in [0.2, 0.25) is 0 Å². The zero-order valence-electron chi connectivity index (χ0n) is 10.0. The zero-order valence-corrected chi connectivity index (χ0v) is 10.0. The van der Waals surface area contributed by atoms with E-state index in [1.54, 1.807) is 12.1 Å². The third-order valence-corrected chi connectivity index (χ3v) is 2.76. The van der Waals surface area contributed by atoms with E-state index in [1.807, 2.05) is 13.8 Å². The second kappa shape index (κ2) is 4.48. The van der Waals surface area contributed by atoms with Gasteiger partial charge in [-0.25, -0.2) is 0 Å². The summed E-state index contributed by atoms with van der Waals surface area (Å²) in [5.41, 5.74) is 1.13. The van der Waals surface area contributed by atoms with Crippen molar-refractivity contribution in [3.05, 3.63) is 41.6 Å². The van der Waals surface area contributed by atoms with Gasteiger partial charge in [0.25, 0.3) is 0 Å². The number of halogens is 3. The zero-order chi connectivity index (χ0) is 13.3. The molecule has 0 unspecified atom stereocenters. The SMILES string of the molecule is CC(C)c1cc(-c2ccn[nH]2)cc(C(F)(F)F)c1. The maximum atomic E-state index is 12.8. The summed E-state index contributed by atoms with van der Waals surface area (Å²) < 4.78 is 38.5. The molecule has 2 nitrogen and oxygen atoms in total. The molecule has 96 valence electrons. The predicted octanol–water partition coefficient (Wildman–Crippen LogP) is 4.22. The molecule has 2 aromatic rings. The number of hydrogen-bond acceptors (Lipinski definition) is 1. The Morgan fingerprint density at radius 1 is 1.17 bits per heavy atom. The predicted molar refractivity (Wildman–Crippen MR) is 63.1 cm³/mol. The fourth-order valence-corrected chi connectivity index (χ4v) is 1.72. The minimum absolute atomic E-state index is 0.0361. The fraction of sp³-hybridized carbons (Fsp3) is 0.308. The molecule has 5 heteroatoms. The Labute approximate surface area is 103 Å². The van der Waals surface area contributed by atoms with Crippen molar-refractivity contribution >= 4 is 0 Å². The largest absolute Gasteiger partial charge is 0.416 e. The molecule has 1 heterocycles. The number of aromatic amines is 1. The number of hydrogen-bond donors (Lipinski definition) is 1. The summed E-state index contributed by atoms with van der Waals surface area (Å²) in [6.45, 7) is 3.73. The van der Waals surface area contributed by atoms with E-state index in [2.05, 4.69) is 10.2 Å². The van der Waals surface area contributed by atoms with E-state index in [0.29, 0.717) is 16.8 Å². The summed E-state index contributed by atoms with van der Waals surface area (Å²) in [6, 6.07) is 5.75. The average molecular weight is 254 g/mol. The molecule has 2 rings (SSSR count). The van der Waals surface area contributed by atoms with Crippen molar-refractivity contribution in [2.24, 2.45) is 0 Å². The van der Waals surface area contributed by atoms with Crippen LogP contribution in [0.4, 0.5) is 13.2 Å². The highest BCUT2D eigenvalue weighted by molar-refractivity contribution is 5.61. The maximum absolute atomic E-state index is 12.8. The molecule has 18 heavy (non-hydrogen) atoms. The van der Waals surface area contributed by atoms with Gasteiger partial charge in [-0.3, -0.25) is 5.10 Å². The van der Waals surface area contributed by atoms with Gasteiger partial charge in [0.05, 0.1) is 11.3 Å². The molecule has 1 N–H and O–H groups in total. The highest BCUT2D eigenvalue weighted by atomic mass is 19.4. The van der Waals surface area contributed by atoms with Crippen LogP contribution in [0.25, 0.3) is 11.3 Å². The topological polar surface area (TPSA) is 28.7 Å². The van der Waals surface area contributed by atoms with E-state index in [0.717, 1.165) is 6.07 Å². The Morgan fingerprint density at radius 3 is 2.39 bits per heavy atom. The molecule has 0 bridgehead atoms. The molecular formula is C13H13F3N2. The van der Waals surface area contributed by atoms with Crippen LogP contribution in [0.1, 0.15) is 30.9 Å². The van der Waals surface area contributed by atoms with E-state index in [1.165, 1.54) is 12.3 Å². The molecule has 0 radical (unpaired) electrons. The molecule has 0 spiro atoms. The number of alkyl halides is 3. The van der Waals surface area contributed by atoms with Crippen molar-refractivity contribution in [3.8, 4) is 11.3 Å². The molecule has 0 aliphatic heterocycles. The second-order valence-electron chi connectivity index (χ2n) is 4.47. The minimum atomic E-state index is -4.33. The van der Waals surface area contributed by atoms with E-state index >= 15 is 0 Å². The third-order valence-electron chi connectivity index (χ3n) is 2.76. The molecule has 0 atom stereocenters. The van der Waals surface area contributed by atoms with Crippen molar-refractivity contribution < 1.29 is 13.2 Å². The van der Waals surface area contributed by atoms with Crippen LogP contribution in [0.3, 0.4) is 0 Å². The highest BCUT2D eigenvalue weighted by Crippen LogP contribution is 2.34. The van der Waals surface area contributed by atoms with Gasteiger partial charge in [-0.05, 0) is 35.7 Å². The minimum Gasteiger partial charge on any atom is -0.278 e. The molecular weight excluding hydrogens is 241 g/mol. The van der Waals surface area contributed by atoms with Crippen LogP contribution < -0.4 is 0 Å². The van der Waals surface area contributed by atoms with E-state index in [4.69, 9.17) is 0 Å². The van der Waals surface area contributed by atoms with Gasteiger partial charge in [-0.1, -0.05) is 13.8 Å². The van der Waals surface area contributed by atoms with Crippen molar-refractivity contribution in [1.29, 1.82) is 0 Å². The smallest absolute Gasteiger partial charge is 0.278 e. The number of rotatable bonds is 2. The van der Waals surface area contributed by atoms with Crippen LogP contribution >= 0.6 is 0 Å². The Balaban J connectivity index is 2.57. The monoisotopic (exact) mass is 254 g/mol. The Morgan fingerprint density at radius 2 is 1.89 bits per heavy atom. The van der Waals surface area contributed by atoms with Crippen LogP contribution in [0, 0.1) is 0 Å². The van der Waals surface area contributed by atoms with Crippen molar-refractivity contribution in [2.45, 2.75) is 25.9 Å². The first-order valence-electron chi connectivity index (χ1n) is 5.60. The lowest BCUT2D eigenvalue weighted by molar-refractivity contribution is -0.137. The molecule has 0 saturated carbocycles. The average Bonchev–Trinajstić information content (AvgIpc) is 2.80. The first-order valence-corrected chi connectivity index (χ1v) is 5.60. The lowest BCUT2D eigenvalue weighted by atomic mass is 9.96. The normalized spacial score (nSPS) is 12.1. The summed E-state index contributed by atoms with van der Waals surface area (Å²) >= 11 is 0. The molecule has 0 saturated heterocycles. The first kappa shape index (κ1) is 12.7. The standard InChI is InChI=1S/C13H13F3N2/c1-8(2)9-5-10(12-3-4-17-18-12)7-11(6-9)13(14,15)16/h3-8H,1-2H3,(H,17,18). The van der Waals surface area contributed by atoms with Crippen LogP contribution in [0.15, 0.2) is 30.5 Å². The Bertz CT molecular complexity index is 528. The van der Waals surface area contributed by atoms with Gasteiger partial charge in [0.1, 0.15) is 0 Å². The van der Waals surface area contributed by atoms with Gasteiger partial charge in [-0.15, -0.1) is 0 Å². The maximum Gasteiger partial charge on any atom is 0.416 e. The Hall–Kier alpha value is -1.78. The molecule has 0 fully saturated rings. The van der Waals surface area contributed by atoms with Crippen LogP contribution in [-0.2, 0) is 6.18 Å². The van der Waals surface area contributed by atoms with Gasteiger partial charge in [-0.2, -0.15) is 18.3 Å². The fourth-order valence-electron chi connectivity index (χ4n) is 1.72. The molecule has 1 aromatic heterocycles. The summed E-state index contributed by atoms with van der Waals surface area (Å²) in [4.78, 5) is 0. The summed E-state index contributed by atoms with van der Waals surface area (Å²) in [7, 11) is 0. The van der Waals surface area contributed by atoms with Crippen LogP contribution in [0.5, 0.6) is 0 Å². The number of nitrogens with one attached hydrogen (secondary N) is 1. The van der Waals surface area contributed by atoms with Gasteiger partial charge in [0.2, 0.25) is 0 Å². The number of benzene rings is 1. The summed E-state index contributed by atoms with van der Waals surface area (Å²) in [6.07, 6.45) is -2.82. The second-order valence-corrected chi connectivity index (χ2v) is 4.47. The number of aromatic nitrogens is 2. The van der Waals surface area contributed by atoms with Gasteiger partial charge < -0.3 is 0 Å². The van der Waals surface area contributed by atoms with E-state index < -0.39 is 11.7 Å². The van der Waals surface area contributed by atoms with E-state index in [9.17, 15) is 13.2 Å². The lowest BCUT2D eigenvalue weighted by Gasteiger charge is -2.13. The molecule has 0 aliphatic rings. The highest BCUT2D eigenvalue weighted by Gasteiger charge is 2.31. The first-order chi connectivity index (χ1) is 8.38. The van der Waals surface area contributed by atoms with Crippen molar-refractivity contribution in [2.75, 3.05) is 0 Å². The van der Waals surface area contributed by atoms with Gasteiger partial charge >= 0.3 is 6.18 Å². The van der Waals surface area contributed by atoms with Crippen molar-refractivity contribution in [1.82, 2.24) is 10.2 Å².